The zero-order valence-corrected chi connectivity index (χ0v) is 11.5. The molecule has 2 amide bonds. The average Bonchev–Trinajstić information content (AvgIpc) is 2.32. The van der Waals surface area contributed by atoms with Gasteiger partial charge in [0.1, 0.15) is 6.04 Å². The molecule has 0 bridgehead atoms. The van der Waals surface area contributed by atoms with Gasteiger partial charge in [0.15, 0.2) is 0 Å². The van der Waals surface area contributed by atoms with Crippen LogP contribution in [-0.4, -0.2) is 29.7 Å². The Kier molecular flexibility index (Phi) is 10.1. The number of carbonyl (C=O) groups excluding carboxylic acids is 1. The van der Waals surface area contributed by atoms with Gasteiger partial charge >= 0.3 is 12.0 Å². The number of unbranched alkanes of at least 4 members (excludes halogenated alkanes) is 6. The maximum absolute atomic E-state index is 11.2. The molecule has 0 radical (unpaired) electrons. The van der Waals surface area contributed by atoms with Gasteiger partial charge in [-0.3, -0.25) is 4.79 Å². The molecule has 0 aliphatic carbocycles. The molecular weight excluding hydrogens is 232 g/mol. The summed E-state index contributed by atoms with van der Waals surface area (Å²) < 4.78 is 0. The molecule has 0 saturated carbocycles. The number of rotatable bonds is 10. The molecule has 1 unspecified atom stereocenters. The lowest BCUT2D eigenvalue weighted by molar-refractivity contribution is -0.138. The summed E-state index contributed by atoms with van der Waals surface area (Å²) in [6.07, 6.45) is 8.36. The summed E-state index contributed by atoms with van der Waals surface area (Å²) in [4.78, 5) is 21.7. The zero-order valence-electron chi connectivity index (χ0n) is 11.5. The van der Waals surface area contributed by atoms with Crippen LogP contribution in [0.3, 0.4) is 0 Å². The Labute approximate surface area is 109 Å². The van der Waals surface area contributed by atoms with Gasteiger partial charge < -0.3 is 15.7 Å². The smallest absolute Gasteiger partial charge is 0.325 e. The van der Waals surface area contributed by atoms with Crippen molar-refractivity contribution < 1.29 is 14.7 Å². The van der Waals surface area contributed by atoms with Gasteiger partial charge in [0, 0.05) is 6.54 Å². The lowest BCUT2D eigenvalue weighted by Crippen LogP contribution is -2.44. The highest BCUT2D eigenvalue weighted by Crippen LogP contribution is 2.06. The molecule has 1 atom stereocenters. The first-order chi connectivity index (χ1) is 8.57. The van der Waals surface area contributed by atoms with E-state index in [-0.39, 0.29) is 0 Å². The molecule has 0 aromatic carbocycles. The molecule has 5 nitrogen and oxygen atoms in total. The summed E-state index contributed by atoms with van der Waals surface area (Å²) in [6, 6.07) is -1.25. The molecule has 0 aliphatic rings. The minimum atomic E-state index is -1.03. The van der Waals surface area contributed by atoms with E-state index in [2.05, 4.69) is 17.6 Å². The second-order valence-electron chi connectivity index (χ2n) is 4.58. The first-order valence-corrected chi connectivity index (χ1v) is 6.85. The normalized spacial score (nSPS) is 11.9. The molecule has 0 heterocycles. The van der Waals surface area contributed by atoms with Crippen LogP contribution in [0.5, 0.6) is 0 Å². The van der Waals surface area contributed by atoms with E-state index in [0.717, 1.165) is 12.8 Å². The minimum absolute atomic E-state index is 0.407. The van der Waals surface area contributed by atoms with Crippen molar-refractivity contribution in [3.05, 3.63) is 0 Å². The van der Waals surface area contributed by atoms with E-state index in [4.69, 9.17) is 5.11 Å². The predicted octanol–water partition coefficient (Wildman–Crippen LogP) is 2.51. The molecule has 0 aromatic rings. The number of amides is 2. The summed E-state index contributed by atoms with van der Waals surface area (Å²) in [5.74, 6) is -1.03. The predicted molar refractivity (Wildman–Crippen MR) is 71.6 cm³/mol. The zero-order chi connectivity index (χ0) is 13.8. The van der Waals surface area contributed by atoms with Crippen molar-refractivity contribution in [1.29, 1.82) is 0 Å². The van der Waals surface area contributed by atoms with E-state index in [1.807, 2.05) is 0 Å². The highest BCUT2D eigenvalue weighted by Gasteiger charge is 2.12. The van der Waals surface area contributed by atoms with Crippen LogP contribution in [0.2, 0.25) is 0 Å². The number of hydrogen-bond donors (Lipinski definition) is 3. The SMILES string of the molecule is CCCCCCCCCNC(=O)NC(C)C(=O)O. The minimum Gasteiger partial charge on any atom is -0.480 e. The Morgan fingerprint density at radius 2 is 1.61 bits per heavy atom. The molecule has 18 heavy (non-hydrogen) atoms. The van der Waals surface area contributed by atoms with Crippen molar-refractivity contribution in [3.63, 3.8) is 0 Å². The summed E-state index contributed by atoms with van der Waals surface area (Å²) in [5.41, 5.74) is 0. The Morgan fingerprint density at radius 3 is 2.17 bits per heavy atom. The van der Waals surface area contributed by atoms with Crippen molar-refractivity contribution in [2.45, 2.75) is 64.8 Å². The van der Waals surface area contributed by atoms with Crippen LogP contribution in [0.1, 0.15) is 58.8 Å². The molecule has 0 fully saturated rings. The lowest BCUT2D eigenvalue weighted by Gasteiger charge is -2.10. The van der Waals surface area contributed by atoms with Crippen molar-refractivity contribution in [2.75, 3.05) is 6.54 Å². The number of carboxylic acids is 1. The van der Waals surface area contributed by atoms with Gasteiger partial charge in [-0.05, 0) is 13.3 Å². The molecule has 0 spiro atoms. The quantitative estimate of drug-likeness (QED) is 0.527. The van der Waals surface area contributed by atoms with Gasteiger partial charge in [-0.15, -0.1) is 0 Å². The third-order valence-corrected chi connectivity index (χ3v) is 2.78. The van der Waals surface area contributed by atoms with E-state index in [9.17, 15) is 9.59 Å². The van der Waals surface area contributed by atoms with E-state index >= 15 is 0 Å². The molecule has 106 valence electrons. The topological polar surface area (TPSA) is 78.4 Å². The first-order valence-electron chi connectivity index (χ1n) is 6.85. The van der Waals surface area contributed by atoms with Crippen LogP contribution in [0.25, 0.3) is 0 Å². The molecule has 0 rings (SSSR count). The van der Waals surface area contributed by atoms with Crippen LogP contribution in [0, 0.1) is 0 Å². The van der Waals surface area contributed by atoms with Crippen LogP contribution >= 0.6 is 0 Å². The summed E-state index contributed by atoms with van der Waals surface area (Å²) >= 11 is 0. The third kappa shape index (κ3) is 9.93. The van der Waals surface area contributed by atoms with Crippen molar-refractivity contribution in [2.24, 2.45) is 0 Å². The number of urea groups is 1. The number of hydrogen-bond acceptors (Lipinski definition) is 2. The number of nitrogens with one attached hydrogen (secondary N) is 2. The molecular formula is C13H26N2O3. The lowest BCUT2D eigenvalue weighted by atomic mass is 10.1. The molecule has 5 heteroatoms. The van der Waals surface area contributed by atoms with Gasteiger partial charge in [0.2, 0.25) is 0 Å². The average molecular weight is 258 g/mol. The monoisotopic (exact) mass is 258 g/mol. The van der Waals surface area contributed by atoms with Crippen molar-refractivity contribution in [3.8, 4) is 0 Å². The van der Waals surface area contributed by atoms with Crippen LogP contribution in [-0.2, 0) is 4.79 Å². The Morgan fingerprint density at radius 1 is 1.06 bits per heavy atom. The van der Waals surface area contributed by atoms with Crippen LogP contribution in [0.15, 0.2) is 0 Å². The van der Waals surface area contributed by atoms with Gasteiger partial charge in [-0.2, -0.15) is 0 Å². The molecule has 3 N–H and O–H groups in total. The van der Waals surface area contributed by atoms with Crippen molar-refractivity contribution in [1.82, 2.24) is 10.6 Å². The fraction of sp³-hybridized carbons (Fsp3) is 0.846. The van der Waals surface area contributed by atoms with E-state index in [0.29, 0.717) is 6.54 Å². The van der Waals surface area contributed by atoms with Crippen LogP contribution < -0.4 is 10.6 Å². The maximum Gasteiger partial charge on any atom is 0.325 e. The Balaban J connectivity index is 3.33. The number of carbonyl (C=O) groups is 2. The van der Waals surface area contributed by atoms with Crippen LogP contribution in [0.4, 0.5) is 4.79 Å². The maximum atomic E-state index is 11.2. The molecule has 0 aliphatic heterocycles. The second kappa shape index (κ2) is 10.9. The Hall–Kier alpha value is -1.26. The van der Waals surface area contributed by atoms with E-state index in [1.54, 1.807) is 0 Å². The first kappa shape index (κ1) is 16.7. The standard InChI is InChI=1S/C13H26N2O3/c1-3-4-5-6-7-8-9-10-14-13(18)15-11(2)12(16)17/h11H,3-10H2,1-2H3,(H,16,17)(H2,14,15,18). The largest absolute Gasteiger partial charge is 0.480 e. The summed E-state index contributed by atoms with van der Waals surface area (Å²) in [6.45, 7) is 4.24. The highest BCUT2D eigenvalue weighted by atomic mass is 16.4. The molecule has 0 aromatic heterocycles. The van der Waals surface area contributed by atoms with E-state index in [1.165, 1.54) is 39.0 Å². The van der Waals surface area contributed by atoms with Crippen molar-refractivity contribution >= 4 is 12.0 Å². The highest BCUT2D eigenvalue weighted by molar-refractivity contribution is 5.82. The van der Waals surface area contributed by atoms with Gasteiger partial charge in [-0.1, -0.05) is 45.4 Å². The number of aliphatic carboxylic acids is 1. The number of carboxylic acid groups (broad SMARTS) is 1. The fourth-order valence-corrected chi connectivity index (χ4v) is 1.59. The second-order valence-corrected chi connectivity index (χ2v) is 4.58. The molecule has 0 saturated heterocycles. The van der Waals surface area contributed by atoms with Gasteiger partial charge in [-0.25, -0.2) is 4.79 Å². The fourth-order valence-electron chi connectivity index (χ4n) is 1.59. The Bertz CT molecular complexity index is 244. The van der Waals surface area contributed by atoms with Gasteiger partial charge in [0.05, 0.1) is 0 Å². The summed E-state index contributed by atoms with van der Waals surface area (Å²) in [7, 11) is 0. The summed E-state index contributed by atoms with van der Waals surface area (Å²) in [5, 5.41) is 13.6. The van der Waals surface area contributed by atoms with E-state index < -0.39 is 18.0 Å². The third-order valence-electron chi connectivity index (χ3n) is 2.78. The van der Waals surface area contributed by atoms with Gasteiger partial charge in [0.25, 0.3) is 0 Å².